The Morgan fingerprint density at radius 3 is 1.17 bits per heavy atom. The van der Waals surface area contributed by atoms with E-state index in [1.165, 1.54) is 0 Å². The van der Waals surface area contributed by atoms with Gasteiger partial charge in [0.2, 0.25) is 0 Å². The van der Waals surface area contributed by atoms with Crippen LogP contribution in [0.15, 0.2) is 0 Å². The molecule has 12 heavy (non-hydrogen) atoms. The maximum absolute atomic E-state index is 12.4. The third-order valence-corrected chi connectivity index (χ3v) is 1.92. The van der Waals surface area contributed by atoms with Gasteiger partial charge in [-0.25, -0.2) is 0 Å². The number of halogens is 5. The molecule has 0 bridgehead atoms. The van der Waals surface area contributed by atoms with E-state index in [1.54, 1.807) is 16.0 Å². The van der Waals surface area contributed by atoms with E-state index in [0.717, 1.165) is 0 Å². The Morgan fingerprint density at radius 1 is 0.583 bits per heavy atom. The molecule has 0 nitrogen and oxygen atoms in total. The molecule has 0 atom stereocenters. The summed E-state index contributed by atoms with van der Waals surface area (Å²) in [5, 5.41) is 0. The van der Waals surface area contributed by atoms with Gasteiger partial charge in [-0.15, -0.1) is 0 Å². The quantitative estimate of drug-likeness (QED) is 0.279. The van der Waals surface area contributed by atoms with Crippen LogP contribution in [0, 0.1) is 29.1 Å². The van der Waals surface area contributed by atoms with Crippen molar-refractivity contribution < 1.29 is 22.0 Å². The van der Waals surface area contributed by atoms with Crippen LogP contribution in [0.4, 0.5) is 22.0 Å². The van der Waals surface area contributed by atoms with Gasteiger partial charge in [0.05, 0.1) is 0 Å². The molecule has 0 heterocycles. The molecule has 0 radical (unpaired) electrons. The fourth-order valence-electron chi connectivity index (χ4n) is 0.585. The van der Waals surface area contributed by atoms with Crippen molar-refractivity contribution in [2.75, 3.05) is 0 Å². The predicted octanol–water partition coefficient (Wildman–Crippen LogP) is 1.18. The molecule has 1 rings (SSSR count). The van der Waals surface area contributed by atoms with Crippen molar-refractivity contribution in [1.29, 1.82) is 0 Å². The van der Waals surface area contributed by atoms with Gasteiger partial charge in [-0.3, -0.25) is 0 Å². The van der Waals surface area contributed by atoms with E-state index in [0.29, 0.717) is 0 Å². The van der Waals surface area contributed by atoms with Crippen LogP contribution in [0.3, 0.4) is 0 Å². The number of hydrogen-bond acceptors (Lipinski definition) is 0. The average Bonchev–Trinajstić information content (AvgIpc) is 2.08. The second-order valence-corrected chi connectivity index (χ2v) is 2.76. The molecule has 6 heteroatoms. The van der Waals surface area contributed by atoms with Gasteiger partial charge in [0.25, 0.3) is 0 Å². The van der Waals surface area contributed by atoms with Crippen LogP contribution in [-0.4, -0.2) is 16.0 Å². The van der Waals surface area contributed by atoms with E-state index in [-0.39, 0.29) is 0 Å². The number of benzene rings is 1. The van der Waals surface area contributed by atoms with Crippen LogP contribution in [0.1, 0.15) is 0 Å². The summed E-state index contributed by atoms with van der Waals surface area (Å²) in [6.45, 7) is 0. The van der Waals surface area contributed by atoms with E-state index in [9.17, 15) is 22.0 Å². The Hall–Kier alpha value is -0.611. The minimum absolute atomic E-state index is 0.994. The molecule has 0 saturated heterocycles. The molecule has 0 aliphatic heterocycles. The van der Waals surface area contributed by atoms with Gasteiger partial charge in [-0.2, -0.15) is 0 Å². The van der Waals surface area contributed by atoms with Gasteiger partial charge in [-0.05, 0) is 0 Å². The topological polar surface area (TPSA) is 0 Å². The average molecular weight is 246 g/mol. The summed E-state index contributed by atoms with van der Waals surface area (Å²) < 4.78 is 60.5. The van der Waals surface area contributed by atoms with Crippen LogP contribution >= 0.6 is 0 Å². The van der Waals surface area contributed by atoms with Gasteiger partial charge >= 0.3 is 71.5 Å². The summed E-state index contributed by atoms with van der Waals surface area (Å²) in [6.07, 6.45) is 0. The molecule has 0 unspecified atom stereocenters. The van der Waals surface area contributed by atoms with Crippen molar-refractivity contribution in [3.63, 3.8) is 0 Å². The Morgan fingerprint density at radius 2 is 0.833 bits per heavy atom. The summed E-state index contributed by atoms with van der Waals surface area (Å²) in [4.78, 5) is 0. The molecule has 0 amide bonds. The van der Waals surface area contributed by atoms with E-state index >= 15 is 0 Å². The molecule has 0 spiro atoms. The molecule has 0 aliphatic rings. The van der Waals surface area contributed by atoms with E-state index in [2.05, 4.69) is 0 Å². The van der Waals surface area contributed by atoms with Crippen LogP contribution in [0.2, 0.25) is 0 Å². The molecule has 1 aromatic rings. The normalized spacial score (nSPS) is 10.4. The summed E-state index contributed by atoms with van der Waals surface area (Å²) >= 11 is 1.75. The van der Waals surface area contributed by atoms with Gasteiger partial charge in [0, 0.05) is 0 Å². The monoisotopic (exact) mass is 247 g/mol. The van der Waals surface area contributed by atoms with E-state index < -0.39 is 33.5 Å². The first-order valence-corrected chi connectivity index (χ1v) is 3.51. The fourth-order valence-corrected chi connectivity index (χ4v) is 0.961. The third kappa shape index (κ3) is 1.21. The first-order chi connectivity index (χ1) is 5.46. The minimum atomic E-state index is -2.15. The second kappa shape index (κ2) is 3.03. The maximum atomic E-state index is 12.4. The van der Waals surface area contributed by atoms with Crippen molar-refractivity contribution >= 4 is 20.5 Å². The van der Waals surface area contributed by atoms with Gasteiger partial charge in [0.1, 0.15) is 0 Å². The van der Waals surface area contributed by atoms with Gasteiger partial charge in [0.15, 0.2) is 0 Å². The van der Waals surface area contributed by atoms with Crippen molar-refractivity contribution in [2.24, 2.45) is 0 Å². The summed E-state index contributed by atoms with van der Waals surface area (Å²) in [5.41, 5.74) is 0. The van der Waals surface area contributed by atoms with E-state index in [4.69, 9.17) is 0 Å². The second-order valence-electron chi connectivity index (χ2n) is 1.90. The number of hydrogen-bond donors (Lipinski definition) is 0. The molecule has 0 fully saturated rings. The standard InChI is InChI=1S/C6HF5Se/c7-1-2(8)4(10)6(12)5(11)3(1)9/h12H/p-1. The van der Waals surface area contributed by atoms with Crippen molar-refractivity contribution in [2.45, 2.75) is 0 Å². The first-order valence-electron chi connectivity index (χ1n) is 2.65. The molecule has 1 aromatic carbocycles. The molecule has 0 aromatic heterocycles. The zero-order valence-electron chi connectivity index (χ0n) is 5.30. The Labute approximate surface area is 72.2 Å². The number of rotatable bonds is 0. The zero-order chi connectivity index (χ0) is 9.46. The molecule has 0 N–H and O–H groups in total. The van der Waals surface area contributed by atoms with Crippen LogP contribution in [0.5, 0.6) is 0 Å². The Balaban J connectivity index is 3.60. The molecular weight excluding hydrogens is 246 g/mol. The van der Waals surface area contributed by atoms with Crippen LogP contribution < -0.4 is 4.46 Å². The zero-order valence-corrected chi connectivity index (χ0v) is 7.01. The summed E-state index contributed by atoms with van der Waals surface area (Å²) in [6, 6.07) is 0. The predicted molar refractivity (Wildman–Crippen MR) is 31.6 cm³/mol. The van der Waals surface area contributed by atoms with Crippen LogP contribution in [0.25, 0.3) is 0 Å². The van der Waals surface area contributed by atoms with Gasteiger partial charge in [-0.1, -0.05) is 0 Å². The first kappa shape index (κ1) is 9.48. The molecule has 0 saturated carbocycles. The Kier molecular flexibility index (Phi) is 2.39. The van der Waals surface area contributed by atoms with Crippen molar-refractivity contribution in [3.8, 4) is 0 Å². The van der Waals surface area contributed by atoms with E-state index in [1.807, 2.05) is 0 Å². The van der Waals surface area contributed by atoms with Crippen molar-refractivity contribution in [1.82, 2.24) is 0 Å². The van der Waals surface area contributed by atoms with Gasteiger partial charge < -0.3 is 0 Å². The fraction of sp³-hybridized carbons (Fsp3) is 0. The van der Waals surface area contributed by atoms with Crippen molar-refractivity contribution in [3.05, 3.63) is 29.1 Å². The third-order valence-electron chi connectivity index (χ3n) is 1.17. The summed E-state index contributed by atoms with van der Waals surface area (Å²) in [7, 11) is 0. The summed E-state index contributed by atoms with van der Waals surface area (Å²) in [5.74, 6) is -9.72. The Bertz CT molecular complexity index is 230. The molecular formula is C6F5Se-. The SMILES string of the molecule is Fc1c(F)c(F)c([Se-])c(F)c1F. The molecule has 66 valence electrons. The molecule has 0 aliphatic carbocycles. The van der Waals surface area contributed by atoms with Crippen LogP contribution in [-0.2, 0) is 0 Å².